The van der Waals surface area contributed by atoms with Crippen molar-refractivity contribution in [1.29, 1.82) is 0 Å². The monoisotopic (exact) mass is 308 g/mol. The van der Waals surface area contributed by atoms with Gasteiger partial charge in [0.05, 0.1) is 19.5 Å². The Morgan fingerprint density at radius 2 is 2.04 bits per heavy atom. The van der Waals surface area contributed by atoms with Gasteiger partial charge in [-0.15, -0.1) is 0 Å². The SMILES string of the molecule is COc1ccc2ccccc2c1CNc1cncc(C(N)=O)n1. The normalized spacial score (nSPS) is 10.5. The minimum atomic E-state index is -0.608. The fraction of sp³-hybridized carbons (Fsp3) is 0.118. The van der Waals surface area contributed by atoms with Gasteiger partial charge in [-0.25, -0.2) is 4.98 Å². The number of methoxy groups -OCH3 is 1. The molecular weight excluding hydrogens is 292 g/mol. The summed E-state index contributed by atoms with van der Waals surface area (Å²) in [5.41, 5.74) is 6.36. The highest BCUT2D eigenvalue weighted by Crippen LogP contribution is 2.28. The lowest BCUT2D eigenvalue weighted by atomic mass is 10.0. The summed E-state index contributed by atoms with van der Waals surface area (Å²) in [5, 5.41) is 5.38. The average Bonchev–Trinajstić information content (AvgIpc) is 2.59. The van der Waals surface area contributed by atoms with Gasteiger partial charge in [0.1, 0.15) is 17.3 Å². The van der Waals surface area contributed by atoms with Crippen LogP contribution in [0.4, 0.5) is 5.82 Å². The molecule has 0 aliphatic heterocycles. The molecule has 0 saturated heterocycles. The van der Waals surface area contributed by atoms with Crippen LogP contribution in [0.2, 0.25) is 0 Å². The Hall–Kier alpha value is -3.15. The zero-order chi connectivity index (χ0) is 16.2. The van der Waals surface area contributed by atoms with Crippen molar-refractivity contribution in [2.75, 3.05) is 12.4 Å². The number of nitrogens with one attached hydrogen (secondary N) is 1. The van der Waals surface area contributed by atoms with Crippen LogP contribution < -0.4 is 15.8 Å². The Bertz CT molecular complexity index is 864. The summed E-state index contributed by atoms with van der Waals surface area (Å²) in [6.45, 7) is 0.488. The zero-order valence-electron chi connectivity index (χ0n) is 12.6. The van der Waals surface area contributed by atoms with Crippen molar-refractivity contribution in [3.05, 3.63) is 60.0 Å². The molecule has 1 heterocycles. The third-order valence-electron chi connectivity index (χ3n) is 3.55. The van der Waals surface area contributed by atoms with Gasteiger partial charge in [0.25, 0.3) is 5.91 Å². The van der Waals surface area contributed by atoms with Crippen LogP contribution in [0, 0.1) is 0 Å². The molecule has 0 aliphatic rings. The van der Waals surface area contributed by atoms with E-state index in [1.165, 1.54) is 6.20 Å². The van der Waals surface area contributed by atoms with E-state index >= 15 is 0 Å². The maximum absolute atomic E-state index is 11.2. The first-order valence-electron chi connectivity index (χ1n) is 7.09. The number of nitrogens with two attached hydrogens (primary N) is 1. The molecule has 23 heavy (non-hydrogen) atoms. The highest BCUT2D eigenvalue weighted by molar-refractivity contribution is 5.90. The molecule has 0 fully saturated rings. The van der Waals surface area contributed by atoms with Gasteiger partial charge in [-0.2, -0.15) is 0 Å². The number of amides is 1. The maximum atomic E-state index is 11.2. The maximum Gasteiger partial charge on any atom is 0.268 e. The number of rotatable bonds is 5. The minimum Gasteiger partial charge on any atom is -0.496 e. The van der Waals surface area contributed by atoms with Crippen LogP contribution in [0.1, 0.15) is 16.1 Å². The van der Waals surface area contributed by atoms with Gasteiger partial charge in [-0.1, -0.05) is 30.3 Å². The first-order chi connectivity index (χ1) is 11.2. The Labute approximate surface area is 133 Å². The number of benzene rings is 2. The van der Waals surface area contributed by atoms with Crippen LogP contribution in [0.15, 0.2) is 48.8 Å². The molecule has 0 radical (unpaired) electrons. The second kappa shape index (κ2) is 6.31. The first-order valence-corrected chi connectivity index (χ1v) is 7.09. The predicted molar refractivity (Wildman–Crippen MR) is 88.4 cm³/mol. The molecule has 6 heteroatoms. The van der Waals surface area contributed by atoms with Crippen molar-refractivity contribution in [3.63, 3.8) is 0 Å². The number of anilines is 1. The van der Waals surface area contributed by atoms with Crippen LogP contribution in [0.3, 0.4) is 0 Å². The van der Waals surface area contributed by atoms with E-state index in [0.717, 1.165) is 22.1 Å². The molecule has 1 aromatic heterocycles. The number of ether oxygens (including phenoxy) is 1. The number of nitrogens with zero attached hydrogens (tertiary/aromatic N) is 2. The molecule has 0 aliphatic carbocycles. The molecule has 0 saturated carbocycles. The number of carbonyl (C=O) groups excluding carboxylic acids is 1. The molecular formula is C17H16N4O2. The third-order valence-corrected chi connectivity index (χ3v) is 3.55. The molecule has 6 nitrogen and oxygen atoms in total. The van der Waals surface area contributed by atoms with Crippen LogP contribution in [-0.2, 0) is 6.54 Å². The summed E-state index contributed by atoms with van der Waals surface area (Å²) in [7, 11) is 1.64. The Kier molecular flexibility index (Phi) is 4.05. The molecule has 3 N–H and O–H groups in total. The highest BCUT2D eigenvalue weighted by atomic mass is 16.5. The van der Waals surface area contributed by atoms with Gasteiger partial charge in [0.15, 0.2) is 0 Å². The predicted octanol–water partition coefficient (Wildman–Crippen LogP) is 2.35. The van der Waals surface area contributed by atoms with E-state index < -0.39 is 5.91 Å². The summed E-state index contributed by atoms with van der Waals surface area (Å²) >= 11 is 0. The average molecular weight is 308 g/mol. The van der Waals surface area contributed by atoms with Gasteiger partial charge in [0.2, 0.25) is 0 Å². The van der Waals surface area contributed by atoms with E-state index in [9.17, 15) is 4.79 Å². The fourth-order valence-electron chi connectivity index (χ4n) is 2.44. The summed E-state index contributed by atoms with van der Waals surface area (Å²) in [6, 6.07) is 12.0. The number of primary amides is 1. The molecule has 0 spiro atoms. The lowest BCUT2D eigenvalue weighted by Gasteiger charge is -2.13. The van der Waals surface area contributed by atoms with Gasteiger partial charge in [-0.05, 0) is 16.8 Å². The van der Waals surface area contributed by atoms with E-state index in [0.29, 0.717) is 12.4 Å². The minimum absolute atomic E-state index is 0.125. The van der Waals surface area contributed by atoms with E-state index in [1.807, 2.05) is 36.4 Å². The van der Waals surface area contributed by atoms with Crippen molar-refractivity contribution in [3.8, 4) is 5.75 Å². The van der Waals surface area contributed by atoms with Gasteiger partial charge < -0.3 is 15.8 Å². The highest BCUT2D eigenvalue weighted by Gasteiger charge is 2.09. The molecule has 0 bridgehead atoms. The Morgan fingerprint density at radius 1 is 1.22 bits per heavy atom. The molecule has 1 amide bonds. The fourth-order valence-corrected chi connectivity index (χ4v) is 2.44. The number of fused-ring (bicyclic) bond motifs is 1. The molecule has 3 rings (SSSR count). The van der Waals surface area contributed by atoms with E-state index in [-0.39, 0.29) is 5.69 Å². The summed E-state index contributed by atoms with van der Waals surface area (Å²) in [4.78, 5) is 19.3. The standard InChI is InChI=1S/C17H16N4O2/c1-23-15-7-6-11-4-2-3-5-12(11)13(15)8-20-16-10-19-9-14(21-16)17(18)22/h2-7,9-10H,8H2,1H3,(H2,18,22)(H,20,21). The second-order valence-corrected chi connectivity index (χ2v) is 4.97. The Balaban J connectivity index is 1.92. The quantitative estimate of drug-likeness (QED) is 0.755. The third kappa shape index (κ3) is 3.06. The number of hydrogen-bond donors (Lipinski definition) is 2. The topological polar surface area (TPSA) is 90.1 Å². The van der Waals surface area contributed by atoms with E-state index in [1.54, 1.807) is 13.3 Å². The van der Waals surface area contributed by atoms with Crippen molar-refractivity contribution < 1.29 is 9.53 Å². The van der Waals surface area contributed by atoms with E-state index in [2.05, 4.69) is 15.3 Å². The largest absolute Gasteiger partial charge is 0.496 e. The first kappa shape index (κ1) is 14.8. The lowest BCUT2D eigenvalue weighted by molar-refractivity contribution is 0.0995. The molecule has 3 aromatic rings. The van der Waals surface area contributed by atoms with Crippen molar-refractivity contribution in [2.45, 2.75) is 6.54 Å². The molecule has 2 aromatic carbocycles. The number of aromatic nitrogens is 2. The van der Waals surface area contributed by atoms with Gasteiger partial charge in [-0.3, -0.25) is 9.78 Å². The van der Waals surface area contributed by atoms with Crippen LogP contribution in [0.5, 0.6) is 5.75 Å². The van der Waals surface area contributed by atoms with Crippen molar-refractivity contribution in [1.82, 2.24) is 9.97 Å². The van der Waals surface area contributed by atoms with Gasteiger partial charge in [0, 0.05) is 12.1 Å². The smallest absolute Gasteiger partial charge is 0.268 e. The molecule has 116 valence electrons. The van der Waals surface area contributed by atoms with Crippen LogP contribution in [0.25, 0.3) is 10.8 Å². The zero-order valence-corrected chi connectivity index (χ0v) is 12.6. The molecule has 0 unspecified atom stereocenters. The Morgan fingerprint density at radius 3 is 2.83 bits per heavy atom. The van der Waals surface area contributed by atoms with Crippen LogP contribution >= 0.6 is 0 Å². The van der Waals surface area contributed by atoms with Gasteiger partial charge >= 0.3 is 0 Å². The summed E-state index contributed by atoms with van der Waals surface area (Å²) in [5.74, 6) is 0.662. The summed E-state index contributed by atoms with van der Waals surface area (Å²) < 4.78 is 5.45. The molecule has 0 atom stereocenters. The number of carbonyl (C=O) groups is 1. The lowest BCUT2D eigenvalue weighted by Crippen LogP contribution is -2.14. The van der Waals surface area contributed by atoms with Crippen molar-refractivity contribution >= 4 is 22.5 Å². The van der Waals surface area contributed by atoms with Crippen LogP contribution in [-0.4, -0.2) is 23.0 Å². The van der Waals surface area contributed by atoms with Crippen molar-refractivity contribution in [2.24, 2.45) is 5.73 Å². The van der Waals surface area contributed by atoms with E-state index in [4.69, 9.17) is 10.5 Å². The summed E-state index contributed by atoms with van der Waals surface area (Å²) in [6.07, 6.45) is 2.88. The second-order valence-electron chi connectivity index (χ2n) is 4.97. The number of hydrogen-bond acceptors (Lipinski definition) is 5.